The zero-order valence-electron chi connectivity index (χ0n) is 3.71. The van der Waals surface area contributed by atoms with Crippen LogP contribution < -0.4 is 0 Å². The number of hydrogen-bond acceptors (Lipinski definition) is 3. The summed E-state index contributed by atoms with van der Waals surface area (Å²) in [5.74, 6) is 0. The molecule has 0 aromatic carbocycles. The van der Waals surface area contributed by atoms with Crippen molar-refractivity contribution in [2.75, 3.05) is 14.2 Å². The minimum Gasteiger partial charge on any atom is -0.463 e. The Bertz CT molecular complexity index is 39.3. The van der Waals surface area contributed by atoms with Crippen molar-refractivity contribution < 1.29 is 4.74 Å². The Balaban J connectivity index is 0. The lowest BCUT2D eigenvalue weighted by Gasteiger charge is -1.61. The number of diazo groups is 1. The van der Waals surface area contributed by atoms with E-state index in [0.717, 1.165) is 0 Å². The van der Waals surface area contributed by atoms with Crippen LogP contribution in [0.4, 0.5) is 0 Å². The standard InChI is InChI=1S/C2H6O.N2O/c1-3-2;1-2-3/h1-2H3;. The number of hydrogen-bond donors (Lipinski definition) is 0. The van der Waals surface area contributed by atoms with Gasteiger partial charge in [0.25, 0.3) is 0 Å². The van der Waals surface area contributed by atoms with E-state index in [1.807, 2.05) is 0 Å². The predicted molar refractivity (Wildman–Crippen MR) is 21.4 cm³/mol. The molecule has 0 rings (SSSR count). The van der Waals surface area contributed by atoms with Crippen molar-refractivity contribution in [1.29, 1.82) is 5.39 Å². The van der Waals surface area contributed by atoms with E-state index in [-0.39, 0.29) is 0 Å². The summed E-state index contributed by atoms with van der Waals surface area (Å²) in [6, 6.07) is 0. The van der Waals surface area contributed by atoms with Crippen LogP contribution in [-0.2, 0) is 4.74 Å². The highest BCUT2D eigenvalue weighted by molar-refractivity contribution is 4.43. The maximum atomic E-state index is 8.11. The van der Waals surface area contributed by atoms with Crippen LogP contribution in [0.2, 0.25) is 0 Å². The molecule has 0 N–H and O–H groups in total. The van der Waals surface area contributed by atoms with E-state index < -0.39 is 0 Å². The van der Waals surface area contributed by atoms with Gasteiger partial charge in [0.05, 0.1) is 0 Å². The minimum atomic E-state index is 1.25. The fourth-order valence-corrected chi connectivity index (χ4v) is 0. The first-order chi connectivity index (χ1) is 2.83. The maximum absolute atomic E-state index is 8.11. The molecule has 0 aliphatic carbocycles. The second-order valence-corrected chi connectivity index (χ2v) is 0.490. The van der Waals surface area contributed by atoms with Gasteiger partial charge in [-0.15, -0.1) is 0 Å². The van der Waals surface area contributed by atoms with E-state index in [0.29, 0.717) is 0 Å². The van der Waals surface area contributed by atoms with E-state index in [9.17, 15) is 0 Å². The lowest BCUT2D eigenvalue weighted by molar-refractivity contribution is 0.277. The van der Waals surface area contributed by atoms with E-state index >= 15 is 0 Å². The van der Waals surface area contributed by atoms with Gasteiger partial charge in [0.2, 0.25) is 10.5 Å². The number of ether oxygens (including phenoxy) is 1. The highest BCUT2D eigenvalue weighted by Gasteiger charge is 1.25. The lowest BCUT2D eigenvalue weighted by atomic mass is 11.6. The largest absolute Gasteiger partial charge is 0.463 e. The van der Waals surface area contributed by atoms with Crippen molar-refractivity contribution in [1.82, 2.24) is 0 Å². The fourth-order valence-electron chi connectivity index (χ4n) is 0. The number of methoxy groups -OCH3 is 1. The Hall–Kier alpha value is -0.820. The lowest BCUT2D eigenvalue weighted by Crippen LogP contribution is -1.55. The zero-order valence-corrected chi connectivity index (χ0v) is 3.71. The van der Waals surface area contributed by atoms with Gasteiger partial charge in [-0.1, -0.05) is 0 Å². The highest BCUT2D eigenvalue weighted by atomic mass is 16.4. The van der Waals surface area contributed by atoms with Crippen LogP contribution in [0, 0.1) is 10.6 Å². The molecule has 0 amide bonds. The van der Waals surface area contributed by atoms with Crippen molar-refractivity contribution in [3.8, 4) is 0 Å². The van der Waals surface area contributed by atoms with Gasteiger partial charge in [-0.2, -0.15) is 0 Å². The molecule has 0 aliphatic rings. The molecule has 0 radical (unpaired) electrons. The normalized spacial score (nSPS) is 4.17. The van der Waals surface area contributed by atoms with Crippen LogP contribution in [0.5, 0.6) is 0 Å². The first kappa shape index (κ1) is 8.95. The van der Waals surface area contributed by atoms with Gasteiger partial charge in [0, 0.05) is 14.2 Å². The molecule has 0 saturated carbocycles. The van der Waals surface area contributed by atoms with Crippen molar-refractivity contribution >= 4 is 0 Å². The molecule has 0 saturated heterocycles. The summed E-state index contributed by atoms with van der Waals surface area (Å²) in [7, 11) is 3.25. The molecule has 0 atom stereocenters. The Kier molecular flexibility index (Phi) is 45.3. The Morgan fingerprint density at radius 1 is 1.67 bits per heavy atom. The average Bonchev–Trinajstić information content (AvgIpc) is 1.39. The first-order valence-corrected chi connectivity index (χ1v) is 1.20. The van der Waals surface area contributed by atoms with Gasteiger partial charge in [-0.25, -0.2) is 0 Å². The second-order valence-electron chi connectivity index (χ2n) is 0.490. The summed E-state index contributed by atoms with van der Waals surface area (Å²) in [6.07, 6.45) is 0. The van der Waals surface area contributed by atoms with Crippen molar-refractivity contribution in [2.45, 2.75) is 0 Å². The summed E-state index contributed by atoms with van der Waals surface area (Å²) >= 11 is 0. The van der Waals surface area contributed by atoms with Gasteiger partial charge in [-0.05, 0) is 0 Å². The van der Waals surface area contributed by atoms with E-state index in [1.54, 1.807) is 14.2 Å². The van der Waals surface area contributed by atoms with E-state index in [4.69, 9.17) is 10.6 Å². The van der Waals surface area contributed by atoms with Gasteiger partial charge in [-0.3, -0.25) is 0 Å². The first-order valence-electron chi connectivity index (χ1n) is 1.20. The van der Waals surface area contributed by atoms with E-state index in [1.165, 1.54) is 5.14 Å². The quantitative estimate of drug-likeness (QED) is 0.323. The van der Waals surface area contributed by atoms with Crippen LogP contribution in [0.1, 0.15) is 0 Å². The molecule has 0 fully saturated rings. The maximum Gasteiger partial charge on any atom is 0.237 e. The molecule has 36 valence electrons. The summed E-state index contributed by atoms with van der Waals surface area (Å²) in [5, 5.41) is 16.0. The smallest absolute Gasteiger partial charge is 0.237 e. The molecule has 4 heteroatoms. The molecular weight excluding hydrogens is 84.0 g/mol. The van der Waals surface area contributed by atoms with E-state index in [2.05, 4.69) is 4.74 Å². The summed E-state index contributed by atoms with van der Waals surface area (Å²) < 4.78 is 4.25. The van der Waals surface area contributed by atoms with Crippen LogP contribution in [0.15, 0.2) is 0 Å². The molecule has 0 aliphatic heterocycles. The number of nitrogens with zero attached hydrogens (tertiary/aromatic N) is 2. The van der Waals surface area contributed by atoms with Crippen molar-refractivity contribution in [3.05, 3.63) is 10.3 Å². The summed E-state index contributed by atoms with van der Waals surface area (Å²) in [4.78, 5) is 0. The molecule has 0 heterocycles. The average molecular weight is 90.1 g/mol. The molecule has 0 unspecified atom stereocenters. The summed E-state index contributed by atoms with van der Waals surface area (Å²) in [5.41, 5.74) is 0. The minimum absolute atomic E-state index is 1.25. The van der Waals surface area contributed by atoms with Gasteiger partial charge < -0.3 is 9.94 Å². The third-order valence-electron chi connectivity index (χ3n) is 0. The van der Waals surface area contributed by atoms with Gasteiger partial charge >= 0.3 is 0 Å². The SMILES string of the molecule is COC.N#[N+][O-]. The van der Waals surface area contributed by atoms with Crippen LogP contribution in [-0.4, -0.2) is 14.2 Å². The molecule has 6 heavy (non-hydrogen) atoms. The molecule has 0 aromatic rings. The monoisotopic (exact) mass is 90.0 g/mol. The second kappa shape index (κ2) is 30.4. The van der Waals surface area contributed by atoms with Gasteiger partial charge in [0.1, 0.15) is 0 Å². The molecular formula is C2H6N2O2. The van der Waals surface area contributed by atoms with Crippen molar-refractivity contribution in [3.63, 3.8) is 0 Å². The molecule has 0 aromatic heterocycles. The molecule has 4 nitrogen and oxygen atoms in total. The van der Waals surface area contributed by atoms with Crippen LogP contribution in [0.25, 0.3) is 5.14 Å². The Morgan fingerprint density at radius 2 is 1.67 bits per heavy atom. The van der Waals surface area contributed by atoms with Crippen LogP contribution >= 0.6 is 0 Å². The number of rotatable bonds is 0. The predicted octanol–water partition coefficient (Wildman–Crippen LogP) is 0.600. The third kappa shape index (κ3) is 22.5. The highest BCUT2D eigenvalue weighted by Crippen LogP contribution is 1.32. The Labute approximate surface area is 35.9 Å². The topological polar surface area (TPSA) is 60.4 Å². The summed E-state index contributed by atoms with van der Waals surface area (Å²) in [6.45, 7) is 0. The Morgan fingerprint density at radius 3 is 1.67 bits per heavy atom. The van der Waals surface area contributed by atoms with Gasteiger partial charge in [0.15, 0.2) is 0 Å². The van der Waals surface area contributed by atoms with Crippen LogP contribution in [0.3, 0.4) is 0 Å². The molecule has 0 spiro atoms. The zero-order chi connectivity index (χ0) is 5.41. The fraction of sp³-hybridized carbons (Fsp3) is 1.00. The molecule has 0 bridgehead atoms. The van der Waals surface area contributed by atoms with Crippen molar-refractivity contribution in [2.24, 2.45) is 0 Å². The third-order valence-corrected chi connectivity index (χ3v) is 0.